The molecule has 0 saturated carbocycles. The van der Waals surface area contributed by atoms with Crippen molar-refractivity contribution in [3.05, 3.63) is 28.5 Å². The van der Waals surface area contributed by atoms with Crippen LogP contribution in [0.25, 0.3) is 0 Å². The summed E-state index contributed by atoms with van der Waals surface area (Å²) in [7, 11) is 0. The number of hydrogen-bond donors (Lipinski definition) is 2. The number of nitrogens with one attached hydrogen (secondary N) is 1. The number of nitrogens with zero attached hydrogens (tertiary/aromatic N) is 1. The van der Waals surface area contributed by atoms with Crippen molar-refractivity contribution in [3.8, 4) is 0 Å². The van der Waals surface area contributed by atoms with Crippen molar-refractivity contribution in [2.45, 2.75) is 27.2 Å². The van der Waals surface area contributed by atoms with E-state index >= 15 is 0 Å². The number of carbonyl (C=O) groups excluding carboxylic acids is 1. The molecule has 0 aliphatic carbocycles. The van der Waals surface area contributed by atoms with Gasteiger partial charge in [0, 0.05) is 17.8 Å². The number of rotatable bonds is 5. The van der Waals surface area contributed by atoms with Gasteiger partial charge >= 0.3 is 5.97 Å². The number of aryl methyl sites for hydroxylation is 1. The molecule has 0 bridgehead atoms. The monoisotopic (exact) mass is 284 g/mol. The summed E-state index contributed by atoms with van der Waals surface area (Å²) in [5, 5.41) is 11.8. The van der Waals surface area contributed by atoms with Crippen LogP contribution in [0, 0.1) is 5.41 Å². The van der Waals surface area contributed by atoms with Gasteiger partial charge in [0.25, 0.3) is 5.91 Å². The van der Waals surface area contributed by atoms with E-state index in [0.717, 1.165) is 5.69 Å². The SMILES string of the molecule is CCc1cc(C(=O)NCC(C)(C)C(=O)O)cc(Cl)n1. The lowest BCUT2D eigenvalue weighted by Gasteiger charge is -2.19. The summed E-state index contributed by atoms with van der Waals surface area (Å²) in [6, 6.07) is 3.11. The Balaban J connectivity index is 2.79. The minimum atomic E-state index is -1.01. The van der Waals surface area contributed by atoms with Gasteiger partial charge < -0.3 is 10.4 Å². The highest BCUT2D eigenvalue weighted by Gasteiger charge is 2.27. The summed E-state index contributed by atoms with van der Waals surface area (Å²) in [4.78, 5) is 26.9. The Hall–Kier alpha value is -1.62. The number of carbonyl (C=O) groups is 2. The average Bonchev–Trinajstić information content (AvgIpc) is 2.34. The molecule has 1 rings (SSSR count). The first kappa shape index (κ1) is 15.4. The van der Waals surface area contributed by atoms with Crippen LogP contribution in [0.4, 0.5) is 0 Å². The third-order valence-corrected chi connectivity index (χ3v) is 2.94. The molecular weight excluding hydrogens is 268 g/mol. The minimum Gasteiger partial charge on any atom is -0.481 e. The molecule has 0 saturated heterocycles. The van der Waals surface area contributed by atoms with Gasteiger partial charge in [-0.3, -0.25) is 9.59 Å². The van der Waals surface area contributed by atoms with Crippen molar-refractivity contribution >= 4 is 23.5 Å². The molecule has 5 nitrogen and oxygen atoms in total. The molecule has 0 atom stereocenters. The Morgan fingerprint density at radius 1 is 1.42 bits per heavy atom. The Morgan fingerprint density at radius 2 is 2.05 bits per heavy atom. The Kier molecular flexibility index (Phi) is 4.89. The molecule has 0 unspecified atom stereocenters. The van der Waals surface area contributed by atoms with Crippen molar-refractivity contribution < 1.29 is 14.7 Å². The zero-order valence-electron chi connectivity index (χ0n) is 11.2. The number of amides is 1. The molecule has 1 heterocycles. The number of aliphatic carboxylic acids is 1. The number of pyridine rings is 1. The van der Waals surface area contributed by atoms with E-state index in [-0.39, 0.29) is 17.6 Å². The van der Waals surface area contributed by atoms with E-state index in [0.29, 0.717) is 12.0 Å². The molecule has 1 amide bonds. The van der Waals surface area contributed by atoms with Crippen molar-refractivity contribution in [3.63, 3.8) is 0 Å². The van der Waals surface area contributed by atoms with Crippen LogP contribution in [0.15, 0.2) is 12.1 Å². The van der Waals surface area contributed by atoms with Gasteiger partial charge in [0.2, 0.25) is 0 Å². The summed E-state index contributed by atoms with van der Waals surface area (Å²) in [5.74, 6) is -1.32. The molecule has 0 radical (unpaired) electrons. The zero-order chi connectivity index (χ0) is 14.6. The Labute approximate surface area is 117 Å². The highest BCUT2D eigenvalue weighted by atomic mass is 35.5. The minimum absolute atomic E-state index is 0.0442. The molecule has 104 valence electrons. The third kappa shape index (κ3) is 4.21. The number of halogens is 1. The number of carboxylic acids is 1. The van der Waals surface area contributed by atoms with E-state index in [9.17, 15) is 9.59 Å². The summed E-state index contributed by atoms with van der Waals surface area (Å²) < 4.78 is 0. The van der Waals surface area contributed by atoms with Crippen LogP contribution in [-0.4, -0.2) is 28.5 Å². The van der Waals surface area contributed by atoms with Gasteiger partial charge in [-0.1, -0.05) is 18.5 Å². The standard InChI is InChI=1S/C13H17ClN2O3/c1-4-9-5-8(6-10(14)16-9)11(17)15-7-13(2,3)12(18)19/h5-6H,4,7H2,1-3H3,(H,15,17)(H,18,19). The van der Waals surface area contributed by atoms with Crippen LogP contribution in [0.2, 0.25) is 5.15 Å². The number of aromatic nitrogens is 1. The second-order valence-corrected chi connectivity index (χ2v) is 5.28. The van der Waals surface area contributed by atoms with Crippen molar-refractivity contribution in [1.82, 2.24) is 10.3 Å². The second-order valence-electron chi connectivity index (χ2n) is 4.90. The van der Waals surface area contributed by atoms with Crippen LogP contribution in [0.5, 0.6) is 0 Å². The van der Waals surface area contributed by atoms with Gasteiger partial charge in [-0.05, 0) is 32.4 Å². The normalized spacial score (nSPS) is 11.2. The maximum absolute atomic E-state index is 11.9. The smallest absolute Gasteiger partial charge is 0.310 e. The quantitative estimate of drug-likeness (QED) is 0.812. The van der Waals surface area contributed by atoms with Gasteiger partial charge in [-0.25, -0.2) is 4.98 Å². The number of carboxylic acid groups (broad SMARTS) is 1. The molecule has 2 N–H and O–H groups in total. The summed E-state index contributed by atoms with van der Waals surface area (Å²) in [6.45, 7) is 5.05. The predicted octanol–water partition coefficient (Wildman–Crippen LogP) is 2.14. The van der Waals surface area contributed by atoms with Crippen molar-refractivity contribution in [2.24, 2.45) is 5.41 Å². The fraction of sp³-hybridized carbons (Fsp3) is 0.462. The van der Waals surface area contributed by atoms with Gasteiger partial charge in [0.05, 0.1) is 5.41 Å². The van der Waals surface area contributed by atoms with E-state index in [2.05, 4.69) is 10.3 Å². The van der Waals surface area contributed by atoms with Gasteiger partial charge in [-0.15, -0.1) is 0 Å². The topological polar surface area (TPSA) is 79.3 Å². The highest BCUT2D eigenvalue weighted by molar-refractivity contribution is 6.29. The van der Waals surface area contributed by atoms with E-state index < -0.39 is 11.4 Å². The Bertz CT molecular complexity index is 501. The molecule has 1 aromatic heterocycles. The highest BCUT2D eigenvalue weighted by Crippen LogP contribution is 2.15. The van der Waals surface area contributed by atoms with Gasteiger partial charge in [0.15, 0.2) is 0 Å². The largest absolute Gasteiger partial charge is 0.481 e. The molecule has 1 aromatic rings. The average molecular weight is 285 g/mol. The first-order chi connectivity index (χ1) is 8.76. The maximum atomic E-state index is 11.9. The zero-order valence-corrected chi connectivity index (χ0v) is 11.9. The molecule has 19 heavy (non-hydrogen) atoms. The second kappa shape index (κ2) is 6.02. The molecule has 0 aliphatic heterocycles. The third-order valence-electron chi connectivity index (χ3n) is 2.74. The van der Waals surface area contributed by atoms with Crippen LogP contribution >= 0.6 is 11.6 Å². The molecule has 0 aromatic carbocycles. The van der Waals surface area contributed by atoms with Gasteiger partial charge in [-0.2, -0.15) is 0 Å². The summed E-state index contributed by atoms with van der Waals surface area (Å²) in [5.41, 5.74) is 0.0910. The lowest BCUT2D eigenvalue weighted by molar-refractivity contribution is -0.146. The van der Waals surface area contributed by atoms with Crippen LogP contribution in [-0.2, 0) is 11.2 Å². The molecule has 6 heteroatoms. The van der Waals surface area contributed by atoms with Crippen molar-refractivity contribution in [2.75, 3.05) is 6.54 Å². The van der Waals surface area contributed by atoms with Crippen molar-refractivity contribution in [1.29, 1.82) is 0 Å². The van der Waals surface area contributed by atoms with Crippen LogP contribution in [0.1, 0.15) is 36.8 Å². The lowest BCUT2D eigenvalue weighted by atomic mass is 9.94. The van der Waals surface area contributed by atoms with Crippen LogP contribution < -0.4 is 5.32 Å². The summed E-state index contributed by atoms with van der Waals surface area (Å²) >= 11 is 5.83. The van der Waals surface area contributed by atoms with E-state index in [1.54, 1.807) is 19.9 Å². The van der Waals surface area contributed by atoms with E-state index in [1.165, 1.54) is 6.07 Å². The van der Waals surface area contributed by atoms with Crippen LogP contribution in [0.3, 0.4) is 0 Å². The fourth-order valence-electron chi connectivity index (χ4n) is 1.34. The number of hydrogen-bond acceptors (Lipinski definition) is 3. The maximum Gasteiger partial charge on any atom is 0.310 e. The molecule has 0 spiro atoms. The molecule has 0 aliphatic rings. The molecule has 0 fully saturated rings. The first-order valence-electron chi connectivity index (χ1n) is 5.94. The summed E-state index contributed by atoms with van der Waals surface area (Å²) in [6.07, 6.45) is 0.668. The van der Waals surface area contributed by atoms with E-state index in [4.69, 9.17) is 16.7 Å². The predicted molar refractivity (Wildman–Crippen MR) is 72.4 cm³/mol. The first-order valence-corrected chi connectivity index (χ1v) is 6.32. The lowest BCUT2D eigenvalue weighted by Crippen LogP contribution is -2.38. The Morgan fingerprint density at radius 3 is 2.58 bits per heavy atom. The fourth-order valence-corrected chi connectivity index (χ4v) is 1.57. The van der Waals surface area contributed by atoms with Gasteiger partial charge in [0.1, 0.15) is 5.15 Å². The van der Waals surface area contributed by atoms with E-state index in [1.807, 2.05) is 6.92 Å². The molecular formula is C13H17ClN2O3.